The summed E-state index contributed by atoms with van der Waals surface area (Å²) in [5, 5.41) is 10.1. The zero-order valence-electron chi connectivity index (χ0n) is 18.6. The number of aromatic nitrogens is 2. The molecule has 184 valence electrons. The topological polar surface area (TPSA) is 119 Å². The molecule has 0 fully saturated rings. The second-order valence-corrected chi connectivity index (χ2v) is 8.22. The van der Waals surface area contributed by atoms with Gasteiger partial charge >= 0.3 is 12.3 Å². The number of nitrogens with zero attached hydrogens (tertiary/aromatic N) is 3. The molecule has 3 heterocycles. The van der Waals surface area contributed by atoms with Crippen LogP contribution in [0.4, 0.5) is 17.6 Å². The molecule has 0 bridgehead atoms. The summed E-state index contributed by atoms with van der Waals surface area (Å²) in [6.45, 7) is 3.20. The smallest absolute Gasteiger partial charge is 0.340 e. The average Bonchev–Trinajstić information content (AvgIpc) is 3.03. The van der Waals surface area contributed by atoms with E-state index in [1.807, 2.05) is 0 Å². The predicted molar refractivity (Wildman–Crippen MR) is 112 cm³/mol. The Balaban J connectivity index is 1.93. The minimum atomic E-state index is -4.33. The second-order valence-electron chi connectivity index (χ2n) is 8.22. The van der Waals surface area contributed by atoms with E-state index in [-0.39, 0.29) is 23.6 Å². The largest absolute Gasteiger partial charge is 0.471 e. The maximum Gasteiger partial charge on any atom is 0.340 e. The molecule has 0 aromatic carbocycles. The van der Waals surface area contributed by atoms with Crippen molar-refractivity contribution in [3.05, 3.63) is 52.5 Å². The molecule has 2 unspecified atom stereocenters. The van der Waals surface area contributed by atoms with Gasteiger partial charge in [0.25, 0.3) is 11.8 Å². The van der Waals surface area contributed by atoms with Gasteiger partial charge in [0.05, 0.1) is 18.2 Å². The highest BCUT2D eigenvalue weighted by Crippen LogP contribution is 2.43. The lowest BCUT2D eigenvalue weighted by Crippen LogP contribution is -2.34. The highest BCUT2D eigenvalue weighted by atomic mass is 19.3. The molecule has 0 saturated carbocycles. The van der Waals surface area contributed by atoms with Gasteiger partial charge in [-0.3, -0.25) is 14.6 Å². The van der Waals surface area contributed by atoms with Crippen molar-refractivity contribution in [2.45, 2.75) is 57.7 Å². The van der Waals surface area contributed by atoms with E-state index < -0.39 is 49.0 Å². The van der Waals surface area contributed by atoms with Crippen LogP contribution in [-0.2, 0) is 0 Å². The lowest BCUT2D eigenvalue weighted by Gasteiger charge is -2.32. The molecule has 0 radical (unpaired) electrons. The molecule has 2 amide bonds. The van der Waals surface area contributed by atoms with Crippen LogP contribution in [0, 0.1) is 6.92 Å². The zero-order chi connectivity index (χ0) is 25.4. The van der Waals surface area contributed by atoms with Gasteiger partial charge in [0, 0.05) is 29.1 Å². The monoisotopic (exact) mass is 484 g/mol. The van der Waals surface area contributed by atoms with Crippen LogP contribution in [0.1, 0.15) is 69.9 Å². The van der Waals surface area contributed by atoms with E-state index in [0.29, 0.717) is 16.7 Å². The molecular formula is C22H24F4N4O4. The number of amides is 2. The van der Waals surface area contributed by atoms with Crippen LogP contribution in [-0.4, -0.2) is 56.8 Å². The highest BCUT2D eigenvalue weighted by molar-refractivity contribution is 6.03. The number of rotatable bonds is 9. The number of carbonyl (C=O) groups excluding carboxylic acids is 2. The van der Waals surface area contributed by atoms with E-state index in [2.05, 4.69) is 9.97 Å². The van der Waals surface area contributed by atoms with Gasteiger partial charge in [-0.05, 0) is 44.9 Å². The number of halogens is 4. The van der Waals surface area contributed by atoms with Gasteiger partial charge < -0.3 is 20.5 Å². The molecule has 0 saturated heterocycles. The van der Waals surface area contributed by atoms with Crippen molar-refractivity contribution in [1.82, 2.24) is 14.9 Å². The Morgan fingerprint density at radius 2 is 2.00 bits per heavy atom. The Kier molecular flexibility index (Phi) is 7.10. The number of alkyl halides is 4. The van der Waals surface area contributed by atoms with Gasteiger partial charge in [0.2, 0.25) is 5.88 Å². The van der Waals surface area contributed by atoms with E-state index in [1.165, 1.54) is 36.4 Å². The van der Waals surface area contributed by atoms with Crippen molar-refractivity contribution in [2.75, 3.05) is 6.61 Å². The molecule has 3 N–H and O–H groups in total. The van der Waals surface area contributed by atoms with E-state index in [4.69, 9.17) is 10.5 Å². The van der Waals surface area contributed by atoms with Crippen molar-refractivity contribution in [3.63, 3.8) is 0 Å². The summed E-state index contributed by atoms with van der Waals surface area (Å²) in [5.74, 6) is -5.79. The van der Waals surface area contributed by atoms with Gasteiger partial charge in [-0.1, -0.05) is 0 Å². The van der Waals surface area contributed by atoms with Crippen molar-refractivity contribution in [1.29, 1.82) is 0 Å². The average molecular weight is 484 g/mol. The van der Waals surface area contributed by atoms with E-state index in [0.717, 1.165) is 0 Å². The standard InChI is InChI=1S/C22H24F4N4O4/c1-10-6-13(8-29-19(10)34-9-22(25,26)21(23)24)12(3)30-15(7-11(2)31)16-14(20(30)33)4-5-28-17(16)18(27)32/h4-6,8,11-12,15,21,31H,7,9H2,1-3H3,(H2,27,32)/t11-,12?,15?/m1/s1. The molecule has 2 aromatic rings. The third-order valence-electron chi connectivity index (χ3n) is 5.59. The van der Waals surface area contributed by atoms with E-state index >= 15 is 0 Å². The summed E-state index contributed by atoms with van der Waals surface area (Å²) in [6, 6.07) is 1.66. The number of carbonyl (C=O) groups is 2. The Hall–Kier alpha value is -3.28. The first-order valence-corrected chi connectivity index (χ1v) is 10.4. The number of aliphatic hydroxyl groups excluding tert-OH is 1. The molecule has 8 nitrogen and oxygen atoms in total. The minimum Gasteiger partial charge on any atom is -0.471 e. The predicted octanol–water partition coefficient (Wildman–Crippen LogP) is 3.19. The van der Waals surface area contributed by atoms with Crippen molar-refractivity contribution in [2.24, 2.45) is 5.73 Å². The van der Waals surface area contributed by atoms with Crippen LogP contribution in [0.25, 0.3) is 0 Å². The highest BCUT2D eigenvalue weighted by Gasteiger charge is 2.44. The van der Waals surface area contributed by atoms with Crippen LogP contribution in [0.2, 0.25) is 0 Å². The Morgan fingerprint density at radius 3 is 2.56 bits per heavy atom. The van der Waals surface area contributed by atoms with Crippen LogP contribution >= 0.6 is 0 Å². The van der Waals surface area contributed by atoms with Crippen molar-refractivity contribution >= 4 is 11.8 Å². The molecule has 2 aromatic heterocycles. The van der Waals surface area contributed by atoms with Crippen LogP contribution in [0.15, 0.2) is 24.5 Å². The third kappa shape index (κ3) is 4.81. The first-order chi connectivity index (χ1) is 15.8. The molecule has 1 aliphatic rings. The fourth-order valence-corrected chi connectivity index (χ4v) is 3.97. The molecular weight excluding hydrogens is 460 g/mol. The fourth-order valence-electron chi connectivity index (χ4n) is 3.97. The van der Waals surface area contributed by atoms with E-state index in [9.17, 15) is 32.3 Å². The number of fused-ring (bicyclic) bond motifs is 1. The van der Waals surface area contributed by atoms with Gasteiger partial charge in [0.15, 0.2) is 6.61 Å². The first kappa shape index (κ1) is 25.3. The summed E-state index contributed by atoms with van der Waals surface area (Å²) in [5.41, 5.74) is 6.74. The summed E-state index contributed by atoms with van der Waals surface area (Å²) in [4.78, 5) is 34.7. The molecule has 34 heavy (non-hydrogen) atoms. The van der Waals surface area contributed by atoms with E-state index in [1.54, 1.807) is 13.8 Å². The summed E-state index contributed by atoms with van der Waals surface area (Å²) in [6.07, 6.45) is -2.01. The number of hydrogen-bond donors (Lipinski definition) is 2. The second kappa shape index (κ2) is 9.53. The summed E-state index contributed by atoms with van der Waals surface area (Å²) in [7, 11) is 0. The lowest BCUT2D eigenvalue weighted by atomic mass is 9.97. The Bertz CT molecular complexity index is 1100. The first-order valence-electron chi connectivity index (χ1n) is 10.4. The lowest BCUT2D eigenvalue weighted by molar-refractivity contribution is -0.148. The van der Waals surface area contributed by atoms with Gasteiger partial charge in [0.1, 0.15) is 5.69 Å². The summed E-state index contributed by atoms with van der Waals surface area (Å²) < 4.78 is 55.9. The molecule has 12 heteroatoms. The fraction of sp³-hybridized carbons (Fsp3) is 0.455. The van der Waals surface area contributed by atoms with Gasteiger partial charge in [-0.15, -0.1) is 0 Å². The van der Waals surface area contributed by atoms with Gasteiger partial charge in [-0.25, -0.2) is 13.8 Å². The van der Waals surface area contributed by atoms with Crippen molar-refractivity contribution < 1.29 is 37.0 Å². The quantitative estimate of drug-likeness (QED) is 0.528. The van der Waals surface area contributed by atoms with Crippen molar-refractivity contribution in [3.8, 4) is 5.88 Å². The number of nitrogens with two attached hydrogens (primary N) is 1. The van der Waals surface area contributed by atoms with Crippen LogP contribution in [0.3, 0.4) is 0 Å². The van der Waals surface area contributed by atoms with Crippen LogP contribution < -0.4 is 10.5 Å². The third-order valence-corrected chi connectivity index (χ3v) is 5.59. The number of aryl methyl sites for hydroxylation is 1. The maximum absolute atomic E-state index is 13.3. The number of pyridine rings is 2. The Labute approximate surface area is 192 Å². The number of primary amides is 1. The van der Waals surface area contributed by atoms with Gasteiger partial charge in [-0.2, -0.15) is 8.78 Å². The van der Waals surface area contributed by atoms with Crippen LogP contribution in [0.5, 0.6) is 5.88 Å². The Morgan fingerprint density at radius 1 is 1.32 bits per heavy atom. The molecule has 0 aliphatic carbocycles. The number of hydrogen-bond acceptors (Lipinski definition) is 6. The normalized spacial score (nSPS) is 17.6. The minimum absolute atomic E-state index is 0.0655. The summed E-state index contributed by atoms with van der Waals surface area (Å²) >= 11 is 0. The molecule has 3 rings (SSSR count). The maximum atomic E-state index is 13.3. The number of ether oxygens (including phenoxy) is 1. The molecule has 0 spiro atoms. The zero-order valence-corrected chi connectivity index (χ0v) is 18.6. The SMILES string of the molecule is Cc1cc(C(C)N2C(=O)c3ccnc(C(N)=O)c3C2C[C@@H](C)O)cnc1OCC(F)(F)C(F)F. The molecule has 3 atom stereocenters. The number of aliphatic hydroxyl groups is 1. The molecule has 1 aliphatic heterocycles.